The maximum absolute atomic E-state index is 11.9. The van der Waals surface area contributed by atoms with Crippen molar-refractivity contribution in [2.75, 3.05) is 32.9 Å². The lowest BCUT2D eigenvalue weighted by atomic mass is 10.2. The first-order valence-corrected chi connectivity index (χ1v) is 6.32. The van der Waals surface area contributed by atoms with Gasteiger partial charge in [-0.25, -0.2) is 0 Å². The van der Waals surface area contributed by atoms with Crippen LogP contribution >= 0.6 is 0 Å². The van der Waals surface area contributed by atoms with Gasteiger partial charge in [-0.1, -0.05) is 0 Å². The van der Waals surface area contributed by atoms with Crippen LogP contribution in [0.2, 0.25) is 0 Å². The lowest BCUT2D eigenvalue weighted by molar-refractivity contribution is -0.147. The van der Waals surface area contributed by atoms with E-state index in [1.807, 2.05) is 6.92 Å². The fourth-order valence-corrected chi connectivity index (χ4v) is 1.89. The second-order valence-corrected chi connectivity index (χ2v) is 4.23. The number of hydrogen-bond donors (Lipinski definition) is 1. The lowest BCUT2D eigenvalue weighted by Crippen LogP contribution is -2.46. The molecule has 0 bridgehead atoms. The van der Waals surface area contributed by atoms with E-state index >= 15 is 0 Å². The van der Waals surface area contributed by atoms with Crippen LogP contribution < -0.4 is 0 Å². The molecule has 1 rings (SSSR count). The van der Waals surface area contributed by atoms with E-state index in [0.717, 1.165) is 0 Å². The summed E-state index contributed by atoms with van der Waals surface area (Å²) in [6.45, 7) is 4.50. The summed E-state index contributed by atoms with van der Waals surface area (Å²) in [5, 5.41) is 8.69. The third-order valence-electron chi connectivity index (χ3n) is 2.78. The Labute approximate surface area is 107 Å². The average molecular weight is 259 g/mol. The molecule has 1 aliphatic heterocycles. The van der Waals surface area contributed by atoms with E-state index < -0.39 is 5.97 Å². The van der Waals surface area contributed by atoms with E-state index in [-0.39, 0.29) is 18.4 Å². The molecule has 6 heteroatoms. The number of amides is 1. The molecule has 104 valence electrons. The highest BCUT2D eigenvalue weighted by atomic mass is 16.5. The van der Waals surface area contributed by atoms with Crippen LogP contribution in [0.4, 0.5) is 0 Å². The standard InChI is InChI=1S/C12H21NO5/c1-2-17-6-3-4-11(14)13-5-7-18-10(9-13)8-12(15)16/h10H,2-9H2,1H3,(H,15,16). The van der Waals surface area contributed by atoms with E-state index in [1.54, 1.807) is 4.90 Å². The SMILES string of the molecule is CCOCCCC(=O)N1CCOC(CC(=O)O)C1. The van der Waals surface area contributed by atoms with Gasteiger partial charge in [-0.2, -0.15) is 0 Å². The van der Waals surface area contributed by atoms with Gasteiger partial charge in [0.05, 0.1) is 19.1 Å². The maximum Gasteiger partial charge on any atom is 0.306 e. The lowest BCUT2D eigenvalue weighted by Gasteiger charge is -2.32. The smallest absolute Gasteiger partial charge is 0.306 e. The number of aliphatic carboxylic acids is 1. The van der Waals surface area contributed by atoms with Crippen LogP contribution in [0, 0.1) is 0 Å². The van der Waals surface area contributed by atoms with Crippen molar-refractivity contribution in [3.8, 4) is 0 Å². The van der Waals surface area contributed by atoms with E-state index in [9.17, 15) is 9.59 Å². The zero-order valence-electron chi connectivity index (χ0n) is 10.8. The van der Waals surface area contributed by atoms with Gasteiger partial charge >= 0.3 is 5.97 Å². The van der Waals surface area contributed by atoms with Crippen LogP contribution in [-0.4, -0.2) is 60.9 Å². The first-order valence-electron chi connectivity index (χ1n) is 6.32. The van der Waals surface area contributed by atoms with Crippen molar-refractivity contribution < 1.29 is 24.2 Å². The number of nitrogens with zero attached hydrogens (tertiary/aromatic N) is 1. The summed E-state index contributed by atoms with van der Waals surface area (Å²) >= 11 is 0. The molecule has 0 radical (unpaired) electrons. The van der Waals surface area contributed by atoms with Gasteiger partial charge in [-0.3, -0.25) is 9.59 Å². The summed E-state index contributed by atoms with van der Waals surface area (Å²) in [5.41, 5.74) is 0. The minimum atomic E-state index is -0.898. The fraction of sp³-hybridized carbons (Fsp3) is 0.833. The molecule has 1 N–H and O–H groups in total. The minimum absolute atomic E-state index is 0.0494. The molecule has 0 saturated carbocycles. The van der Waals surface area contributed by atoms with E-state index in [4.69, 9.17) is 14.6 Å². The summed E-state index contributed by atoms with van der Waals surface area (Å²) in [6, 6.07) is 0. The Balaban J connectivity index is 2.27. The molecule has 18 heavy (non-hydrogen) atoms. The second kappa shape index (κ2) is 8.05. The van der Waals surface area contributed by atoms with Crippen molar-refractivity contribution >= 4 is 11.9 Å². The molecule has 0 spiro atoms. The zero-order chi connectivity index (χ0) is 13.4. The number of ether oxygens (including phenoxy) is 2. The number of rotatable bonds is 7. The van der Waals surface area contributed by atoms with E-state index in [2.05, 4.69) is 0 Å². The summed E-state index contributed by atoms with van der Waals surface area (Å²) in [7, 11) is 0. The number of morpholine rings is 1. The van der Waals surface area contributed by atoms with Crippen molar-refractivity contribution in [3.63, 3.8) is 0 Å². The van der Waals surface area contributed by atoms with E-state index in [1.165, 1.54) is 0 Å². The highest BCUT2D eigenvalue weighted by molar-refractivity contribution is 5.76. The Kier molecular flexibility index (Phi) is 6.67. The summed E-state index contributed by atoms with van der Waals surface area (Å²) in [6.07, 6.45) is 0.711. The Morgan fingerprint density at radius 2 is 2.28 bits per heavy atom. The van der Waals surface area contributed by atoms with Crippen molar-refractivity contribution in [1.29, 1.82) is 0 Å². The van der Waals surface area contributed by atoms with E-state index in [0.29, 0.717) is 45.8 Å². The van der Waals surface area contributed by atoms with Crippen molar-refractivity contribution in [1.82, 2.24) is 4.90 Å². The second-order valence-electron chi connectivity index (χ2n) is 4.23. The van der Waals surface area contributed by atoms with Crippen LogP contribution in [0.3, 0.4) is 0 Å². The Morgan fingerprint density at radius 1 is 1.50 bits per heavy atom. The van der Waals surface area contributed by atoms with Crippen LogP contribution in [-0.2, 0) is 19.1 Å². The van der Waals surface area contributed by atoms with Crippen molar-refractivity contribution in [2.45, 2.75) is 32.3 Å². The zero-order valence-corrected chi connectivity index (χ0v) is 10.8. The van der Waals surface area contributed by atoms with Gasteiger partial charge in [-0.05, 0) is 13.3 Å². The molecular weight excluding hydrogens is 238 g/mol. The van der Waals surface area contributed by atoms with Gasteiger partial charge in [0.15, 0.2) is 0 Å². The third-order valence-corrected chi connectivity index (χ3v) is 2.78. The van der Waals surface area contributed by atoms with Gasteiger partial charge in [0, 0.05) is 32.7 Å². The van der Waals surface area contributed by atoms with Crippen molar-refractivity contribution in [3.05, 3.63) is 0 Å². The van der Waals surface area contributed by atoms with Crippen molar-refractivity contribution in [2.24, 2.45) is 0 Å². The third kappa shape index (κ3) is 5.46. The van der Waals surface area contributed by atoms with Crippen LogP contribution in [0.15, 0.2) is 0 Å². The average Bonchev–Trinajstić information content (AvgIpc) is 2.34. The number of carboxylic acid groups (broad SMARTS) is 1. The summed E-state index contributed by atoms with van der Waals surface area (Å²) < 4.78 is 10.5. The Hall–Kier alpha value is -1.14. The van der Waals surface area contributed by atoms with Crippen LogP contribution in [0.25, 0.3) is 0 Å². The first kappa shape index (κ1) is 14.9. The molecule has 1 unspecified atom stereocenters. The van der Waals surface area contributed by atoms with Gasteiger partial charge in [-0.15, -0.1) is 0 Å². The summed E-state index contributed by atoms with van der Waals surface area (Å²) in [5.74, 6) is -0.848. The highest BCUT2D eigenvalue weighted by Gasteiger charge is 2.25. The number of hydrogen-bond acceptors (Lipinski definition) is 4. The topological polar surface area (TPSA) is 76.1 Å². The Bertz CT molecular complexity index is 282. The van der Waals surface area contributed by atoms with Gasteiger partial charge in [0.1, 0.15) is 0 Å². The number of carboxylic acids is 1. The van der Waals surface area contributed by atoms with Gasteiger partial charge in [0.25, 0.3) is 0 Å². The fourth-order valence-electron chi connectivity index (χ4n) is 1.89. The first-order chi connectivity index (χ1) is 8.63. The molecule has 1 amide bonds. The molecular formula is C12H21NO5. The quantitative estimate of drug-likeness (QED) is 0.674. The predicted molar refractivity (Wildman–Crippen MR) is 64.3 cm³/mol. The maximum atomic E-state index is 11.9. The predicted octanol–water partition coefficient (Wildman–Crippen LogP) is 0.505. The monoisotopic (exact) mass is 259 g/mol. The molecule has 6 nitrogen and oxygen atoms in total. The molecule has 0 aromatic heterocycles. The minimum Gasteiger partial charge on any atom is -0.481 e. The number of carbonyl (C=O) groups is 2. The largest absolute Gasteiger partial charge is 0.481 e. The van der Waals surface area contributed by atoms with Gasteiger partial charge < -0.3 is 19.5 Å². The molecule has 0 aromatic rings. The van der Waals surface area contributed by atoms with Crippen LogP contribution in [0.5, 0.6) is 0 Å². The molecule has 1 atom stereocenters. The molecule has 1 saturated heterocycles. The van der Waals surface area contributed by atoms with Crippen LogP contribution in [0.1, 0.15) is 26.2 Å². The molecule has 1 fully saturated rings. The summed E-state index contributed by atoms with van der Waals surface area (Å²) in [4.78, 5) is 24.1. The molecule has 1 aliphatic rings. The molecule has 0 aromatic carbocycles. The number of carbonyl (C=O) groups excluding carboxylic acids is 1. The molecule has 0 aliphatic carbocycles. The van der Waals surface area contributed by atoms with Gasteiger partial charge in [0.2, 0.25) is 5.91 Å². The Morgan fingerprint density at radius 3 is 2.94 bits per heavy atom. The highest BCUT2D eigenvalue weighted by Crippen LogP contribution is 2.10. The normalized spacial score (nSPS) is 19.8. The molecule has 1 heterocycles.